The number of benzene rings is 1. The summed E-state index contributed by atoms with van der Waals surface area (Å²) in [5.74, 6) is 0. The van der Waals surface area contributed by atoms with Crippen molar-refractivity contribution in [3.05, 3.63) is 34.3 Å². The van der Waals surface area contributed by atoms with Gasteiger partial charge in [-0.05, 0) is 30.8 Å². The van der Waals surface area contributed by atoms with Crippen LogP contribution < -0.4 is 5.32 Å². The molecule has 0 heterocycles. The third-order valence-corrected chi connectivity index (χ3v) is 3.35. The van der Waals surface area contributed by atoms with Gasteiger partial charge in [0.05, 0.1) is 11.6 Å². The van der Waals surface area contributed by atoms with Gasteiger partial charge in [0.15, 0.2) is 0 Å². The minimum absolute atomic E-state index is 0.604. The van der Waals surface area contributed by atoms with E-state index >= 15 is 0 Å². The van der Waals surface area contributed by atoms with Gasteiger partial charge in [-0.1, -0.05) is 31.5 Å². The Morgan fingerprint density at radius 2 is 2.06 bits per heavy atom. The fourth-order valence-corrected chi connectivity index (χ4v) is 2.01. The highest BCUT2D eigenvalue weighted by Crippen LogP contribution is 2.17. The summed E-state index contributed by atoms with van der Waals surface area (Å²) >= 11 is 6.10. The summed E-state index contributed by atoms with van der Waals surface area (Å²) in [5, 5.41) is 12.8. The Labute approximate surface area is 114 Å². The normalized spacial score (nSPS) is 10.6. The van der Waals surface area contributed by atoms with Crippen molar-refractivity contribution >= 4 is 11.6 Å². The SMILES string of the molecule is CCN(CC)CCNCc1ccc(C#N)cc1Cl. The van der Waals surface area contributed by atoms with Crippen LogP contribution in [-0.2, 0) is 6.54 Å². The molecule has 0 saturated carbocycles. The number of hydrogen-bond donors (Lipinski definition) is 1. The maximum atomic E-state index is 8.75. The molecule has 4 heteroatoms. The molecule has 0 amide bonds. The monoisotopic (exact) mass is 265 g/mol. The molecule has 0 fully saturated rings. The van der Waals surface area contributed by atoms with Crippen LogP contribution >= 0.6 is 11.6 Å². The Balaban J connectivity index is 2.38. The van der Waals surface area contributed by atoms with E-state index in [-0.39, 0.29) is 0 Å². The Morgan fingerprint density at radius 3 is 2.61 bits per heavy atom. The van der Waals surface area contributed by atoms with Gasteiger partial charge >= 0.3 is 0 Å². The lowest BCUT2D eigenvalue weighted by molar-refractivity contribution is 0.302. The van der Waals surface area contributed by atoms with Crippen LogP contribution in [0.4, 0.5) is 0 Å². The molecule has 18 heavy (non-hydrogen) atoms. The molecule has 1 N–H and O–H groups in total. The third kappa shape index (κ3) is 4.66. The average molecular weight is 266 g/mol. The number of nitriles is 1. The second kappa shape index (κ2) is 8.10. The van der Waals surface area contributed by atoms with Gasteiger partial charge in [0.1, 0.15) is 0 Å². The molecule has 1 aromatic carbocycles. The van der Waals surface area contributed by atoms with Crippen molar-refractivity contribution in [3.8, 4) is 6.07 Å². The van der Waals surface area contributed by atoms with Crippen molar-refractivity contribution in [2.45, 2.75) is 20.4 Å². The van der Waals surface area contributed by atoms with E-state index in [1.807, 2.05) is 6.07 Å². The second-order valence-corrected chi connectivity index (χ2v) is 4.53. The van der Waals surface area contributed by atoms with Gasteiger partial charge in [-0.25, -0.2) is 0 Å². The summed E-state index contributed by atoms with van der Waals surface area (Å²) in [7, 11) is 0. The molecule has 0 spiro atoms. The van der Waals surface area contributed by atoms with E-state index in [9.17, 15) is 0 Å². The second-order valence-electron chi connectivity index (χ2n) is 4.12. The fourth-order valence-electron chi connectivity index (χ4n) is 1.76. The van der Waals surface area contributed by atoms with Gasteiger partial charge in [0, 0.05) is 24.7 Å². The fraction of sp³-hybridized carbons (Fsp3) is 0.500. The van der Waals surface area contributed by atoms with Gasteiger partial charge in [-0.15, -0.1) is 0 Å². The van der Waals surface area contributed by atoms with E-state index < -0.39 is 0 Å². The molecule has 0 radical (unpaired) electrons. The van der Waals surface area contributed by atoms with Crippen LogP contribution in [0.1, 0.15) is 25.0 Å². The van der Waals surface area contributed by atoms with Gasteiger partial charge in [0.2, 0.25) is 0 Å². The summed E-state index contributed by atoms with van der Waals surface area (Å²) in [6.45, 7) is 9.22. The lowest BCUT2D eigenvalue weighted by atomic mass is 10.1. The summed E-state index contributed by atoms with van der Waals surface area (Å²) in [6.07, 6.45) is 0. The number of likely N-dealkylation sites (N-methyl/N-ethyl adjacent to an activating group) is 1. The largest absolute Gasteiger partial charge is 0.311 e. The molecule has 0 bridgehead atoms. The van der Waals surface area contributed by atoms with Crippen LogP contribution in [0.15, 0.2) is 18.2 Å². The first-order valence-electron chi connectivity index (χ1n) is 6.32. The Morgan fingerprint density at radius 1 is 1.33 bits per heavy atom. The topological polar surface area (TPSA) is 39.1 Å². The van der Waals surface area contributed by atoms with Gasteiger partial charge in [-0.3, -0.25) is 0 Å². The van der Waals surface area contributed by atoms with Crippen LogP contribution in [0.2, 0.25) is 5.02 Å². The molecule has 0 unspecified atom stereocenters. The highest BCUT2D eigenvalue weighted by atomic mass is 35.5. The van der Waals surface area contributed by atoms with Crippen molar-refractivity contribution < 1.29 is 0 Å². The van der Waals surface area contributed by atoms with Crippen LogP contribution in [-0.4, -0.2) is 31.1 Å². The minimum Gasteiger partial charge on any atom is -0.311 e. The first-order valence-corrected chi connectivity index (χ1v) is 6.70. The first kappa shape index (κ1) is 15.0. The van der Waals surface area contributed by atoms with Crippen LogP contribution in [0.5, 0.6) is 0 Å². The van der Waals surface area contributed by atoms with Crippen LogP contribution in [0.3, 0.4) is 0 Å². The molecule has 0 aliphatic heterocycles. The lowest BCUT2D eigenvalue weighted by Gasteiger charge is -2.18. The average Bonchev–Trinajstić information content (AvgIpc) is 2.40. The highest BCUT2D eigenvalue weighted by Gasteiger charge is 2.02. The molecule has 0 aromatic heterocycles. The first-order chi connectivity index (χ1) is 8.71. The van der Waals surface area contributed by atoms with E-state index in [0.29, 0.717) is 10.6 Å². The smallest absolute Gasteiger partial charge is 0.0992 e. The number of hydrogen-bond acceptors (Lipinski definition) is 3. The molecular weight excluding hydrogens is 246 g/mol. The maximum Gasteiger partial charge on any atom is 0.0992 e. The number of nitrogens with one attached hydrogen (secondary N) is 1. The summed E-state index contributed by atoms with van der Waals surface area (Å²) in [5.41, 5.74) is 1.64. The number of halogens is 1. The molecule has 0 aliphatic rings. The highest BCUT2D eigenvalue weighted by molar-refractivity contribution is 6.31. The third-order valence-electron chi connectivity index (χ3n) is 3.00. The summed E-state index contributed by atoms with van der Waals surface area (Å²) < 4.78 is 0. The zero-order chi connectivity index (χ0) is 13.4. The van der Waals surface area contributed by atoms with Gasteiger partial charge in [-0.2, -0.15) is 5.26 Å². The maximum absolute atomic E-state index is 8.75. The van der Waals surface area contributed by atoms with Crippen LogP contribution in [0, 0.1) is 11.3 Å². The predicted octanol–water partition coefficient (Wildman–Crippen LogP) is 2.64. The zero-order valence-electron chi connectivity index (χ0n) is 11.0. The van der Waals surface area contributed by atoms with E-state index in [2.05, 4.69) is 30.1 Å². The van der Waals surface area contributed by atoms with E-state index in [1.165, 1.54) is 0 Å². The number of nitrogens with zero attached hydrogens (tertiary/aromatic N) is 2. The molecule has 0 saturated heterocycles. The Hall–Kier alpha value is -1.08. The van der Waals surface area contributed by atoms with E-state index in [1.54, 1.807) is 12.1 Å². The van der Waals surface area contributed by atoms with Gasteiger partial charge in [0.25, 0.3) is 0 Å². The molecular formula is C14H20ClN3. The molecule has 0 atom stereocenters. The molecule has 1 rings (SSSR count). The Bertz CT molecular complexity index is 408. The minimum atomic E-state index is 0.604. The van der Waals surface area contributed by atoms with Crippen molar-refractivity contribution in [3.63, 3.8) is 0 Å². The van der Waals surface area contributed by atoms with E-state index in [0.717, 1.165) is 38.3 Å². The Kier molecular flexibility index (Phi) is 6.74. The summed E-state index contributed by atoms with van der Waals surface area (Å²) in [6, 6.07) is 7.50. The molecule has 0 aliphatic carbocycles. The molecule has 98 valence electrons. The lowest BCUT2D eigenvalue weighted by Crippen LogP contribution is -2.31. The zero-order valence-corrected chi connectivity index (χ0v) is 11.8. The standard InChI is InChI=1S/C14H20ClN3/c1-3-18(4-2)8-7-17-11-13-6-5-12(10-16)9-14(13)15/h5-6,9,17H,3-4,7-8,11H2,1-2H3. The molecule has 1 aromatic rings. The van der Waals surface area contributed by atoms with Crippen molar-refractivity contribution in [1.82, 2.24) is 10.2 Å². The predicted molar refractivity (Wildman–Crippen MR) is 75.7 cm³/mol. The van der Waals surface area contributed by atoms with E-state index in [4.69, 9.17) is 16.9 Å². The molecule has 3 nitrogen and oxygen atoms in total. The summed E-state index contributed by atoms with van der Waals surface area (Å²) in [4.78, 5) is 2.37. The quantitative estimate of drug-likeness (QED) is 0.771. The van der Waals surface area contributed by atoms with Crippen LogP contribution in [0.25, 0.3) is 0 Å². The van der Waals surface area contributed by atoms with Crippen molar-refractivity contribution in [2.24, 2.45) is 0 Å². The van der Waals surface area contributed by atoms with Gasteiger partial charge < -0.3 is 10.2 Å². The van der Waals surface area contributed by atoms with Crippen molar-refractivity contribution in [2.75, 3.05) is 26.2 Å². The number of rotatable bonds is 7. The van der Waals surface area contributed by atoms with Crippen molar-refractivity contribution in [1.29, 1.82) is 5.26 Å².